The first-order chi connectivity index (χ1) is 12.5. The number of nitrogens with zero attached hydrogens (tertiary/aromatic N) is 1. The minimum Gasteiger partial charge on any atom is -0.485 e. The summed E-state index contributed by atoms with van der Waals surface area (Å²) in [6.07, 6.45) is 0.145. The van der Waals surface area contributed by atoms with Gasteiger partial charge in [0.15, 0.2) is 18.2 Å². The highest BCUT2D eigenvalue weighted by Crippen LogP contribution is 2.23. The van der Waals surface area contributed by atoms with Crippen LogP contribution in [0, 0.1) is 11.6 Å². The van der Waals surface area contributed by atoms with Crippen LogP contribution in [-0.4, -0.2) is 41.7 Å². The van der Waals surface area contributed by atoms with Crippen molar-refractivity contribution in [3.8, 4) is 11.5 Å². The van der Waals surface area contributed by atoms with E-state index in [0.29, 0.717) is 25.3 Å². The highest BCUT2D eigenvalue weighted by Gasteiger charge is 2.28. The summed E-state index contributed by atoms with van der Waals surface area (Å²) in [6.45, 7) is 0.578. The SMILES string of the molecule is O=C(COc1ccc(CO)cc1)N1CCC(Oc2cc(F)ccc2F)C1. The smallest absolute Gasteiger partial charge is 0.260 e. The van der Waals surface area contributed by atoms with Crippen molar-refractivity contribution >= 4 is 5.91 Å². The minimum absolute atomic E-state index is 0.0553. The van der Waals surface area contributed by atoms with E-state index in [1.165, 1.54) is 0 Å². The molecule has 0 aliphatic carbocycles. The number of amides is 1. The number of likely N-dealkylation sites (tertiary alicyclic amines) is 1. The Morgan fingerprint density at radius 2 is 1.96 bits per heavy atom. The number of aliphatic hydroxyl groups is 1. The van der Waals surface area contributed by atoms with Gasteiger partial charge in [-0.05, 0) is 29.8 Å². The van der Waals surface area contributed by atoms with Crippen LogP contribution in [0.2, 0.25) is 0 Å². The van der Waals surface area contributed by atoms with Gasteiger partial charge in [-0.3, -0.25) is 4.79 Å². The number of halogens is 2. The van der Waals surface area contributed by atoms with E-state index in [1.54, 1.807) is 29.2 Å². The first-order valence-corrected chi connectivity index (χ1v) is 8.27. The predicted molar refractivity (Wildman–Crippen MR) is 89.8 cm³/mol. The molecular weight excluding hydrogens is 344 g/mol. The molecule has 1 fully saturated rings. The summed E-state index contributed by atoms with van der Waals surface area (Å²) >= 11 is 0. The molecule has 26 heavy (non-hydrogen) atoms. The van der Waals surface area contributed by atoms with E-state index in [9.17, 15) is 13.6 Å². The molecule has 2 aromatic carbocycles. The number of hydrogen-bond donors (Lipinski definition) is 1. The van der Waals surface area contributed by atoms with Gasteiger partial charge in [0.25, 0.3) is 5.91 Å². The predicted octanol–water partition coefficient (Wildman–Crippen LogP) is 2.52. The van der Waals surface area contributed by atoms with Gasteiger partial charge in [0, 0.05) is 19.0 Å². The summed E-state index contributed by atoms with van der Waals surface area (Å²) in [5.41, 5.74) is 0.757. The van der Waals surface area contributed by atoms with Crippen LogP contribution >= 0.6 is 0 Å². The highest BCUT2D eigenvalue weighted by molar-refractivity contribution is 5.78. The van der Waals surface area contributed by atoms with Crippen molar-refractivity contribution in [2.75, 3.05) is 19.7 Å². The molecule has 138 valence electrons. The van der Waals surface area contributed by atoms with Crippen LogP contribution in [0.5, 0.6) is 11.5 Å². The molecule has 1 unspecified atom stereocenters. The highest BCUT2D eigenvalue weighted by atomic mass is 19.1. The monoisotopic (exact) mass is 363 g/mol. The lowest BCUT2D eigenvalue weighted by molar-refractivity contribution is -0.132. The van der Waals surface area contributed by atoms with Crippen molar-refractivity contribution in [1.29, 1.82) is 0 Å². The fraction of sp³-hybridized carbons (Fsp3) is 0.316. The molecule has 1 atom stereocenters. The zero-order chi connectivity index (χ0) is 18.5. The largest absolute Gasteiger partial charge is 0.485 e. The van der Waals surface area contributed by atoms with Gasteiger partial charge in [0.05, 0.1) is 13.2 Å². The second kappa shape index (κ2) is 8.14. The van der Waals surface area contributed by atoms with Crippen LogP contribution < -0.4 is 9.47 Å². The van der Waals surface area contributed by atoms with E-state index in [0.717, 1.165) is 23.8 Å². The summed E-state index contributed by atoms with van der Waals surface area (Å²) in [7, 11) is 0. The first kappa shape index (κ1) is 18.1. The quantitative estimate of drug-likeness (QED) is 0.857. The van der Waals surface area contributed by atoms with E-state index < -0.39 is 11.6 Å². The van der Waals surface area contributed by atoms with Crippen molar-refractivity contribution in [3.05, 3.63) is 59.7 Å². The normalized spacial score (nSPS) is 16.6. The molecule has 1 saturated heterocycles. The van der Waals surface area contributed by atoms with E-state index in [-0.39, 0.29) is 31.0 Å². The Balaban J connectivity index is 1.49. The Labute approximate surface area is 149 Å². The van der Waals surface area contributed by atoms with E-state index in [2.05, 4.69) is 0 Å². The van der Waals surface area contributed by atoms with Gasteiger partial charge in [-0.2, -0.15) is 0 Å². The molecule has 2 aromatic rings. The average Bonchev–Trinajstić information content (AvgIpc) is 3.12. The third-order valence-electron chi connectivity index (χ3n) is 4.15. The van der Waals surface area contributed by atoms with Crippen molar-refractivity contribution in [2.24, 2.45) is 0 Å². The Kier molecular flexibility index (Phi) is 5.68. The maximum Gasteiger partial charge on any atom is 0.260 e. The maximum atomic E-state index is 13.6. The number of ether oxygens (including phenoxy) is 2. The summed E-state index contributed by atoms with van der Waals surface area (Å²) in [5.74, 6) is -1.03. The number of carbonyl (C=O) groups excluding carboxylic acids is 1. The molecule has 1 N–H and O–H groups in total. The topological polar surface area (TPSA) is 59.0 Å². The molecule has 0 bridgehead atoms. The molecule has 1 aliphatic heterocycles. The van der Waals surface area contributed by atoms with Crippen LogP contribution in [0.1, 0.15) is 12.0 Å². The van der Waals surface area contributed by atoms with Gasteiger partial charge in [-0.25, -0.2) is 8.78 Å². The molecule has 0 aromatic heterocycles. The van der Waals surface area contributed by atoms with Crippen LogP contribution in [0.3, 0.4) is 0 Å². The number of benzene rings is 2. The van der Waals surface area contributed by atoms with Gasteiger partial charge in [-0.15, -0.1) is 0 Å². The fourth-order valence-electron chi connectivity index (χ4n) is 2.73. The lowest BCUT2D eigenvalue weighted by Gasteiger charge is -2.18. The van der Waals surface area contributed by atoms with E-state index in [1.807, 2.05) is 0 Å². The lowest BCUT2D eigenvalue weighted by atomic mass is 10.2. The number of hydrogen-bond acceptors (Lipinski definition) is 4. The Bertz CT molecular complexity index is 767. The first-order valence-electron chi connectivity index (χ1n) is 8.27. The Morgan fingerprint density at radius 3 is 2.69 bits per heavy atom. The summed E-state index contributed by atoms with van der Waals surface area (Å²) < 4.78 is 37.8. The van der Waals surface area contributed by atoms with Crippen LogP contribution in [0.15, 0.2) is 42.5 Å². The standard InChI is InChI=1S/C19H19F2NO4/c20-14-3-6-17(21)18(9-14)26-16-7-8-22(10-16)19(24)12-25-15-4-1-13(11-23)2-5-15/h1-6,9,16,23H,7-8,10-12H2. The minimum atomic E-state index is -0.633. The molecule has 7 heteroatoms. The molecule has 3 rings (SSSR count). The zero-order valence-corrected chi connectivity index (χ0v) is 14.0. The van der Waals surface area contributed by atoms with Gasteiger partial charge in [-0.1, -0.05) is 12.1 Å². The van der Waals surface area contributed by atoms with Gasteiger partial charge in [0.1, 0.15) is 17.7 Å². The van der Waals surface area contributed by atoms with Gasteiger partial charge < -0.3 is 19.5 Å². The van der Waals surface area contributed by atoms with E-state index in [4.69, 9.17) is 14.6 Å². The third kappa shape index (κ3) is 4.49. The molecule has 1 heterocycles. The Hall–Kier alpha value is -2.67. The average molecular weight is 363 g/mol. The van der Waals surface area contributed by atoms with Crippen LogP contribution in [-0.2, 0) is 11.4 Å². The van der Waals surface area contributed by atoms with Crippen LogP contribution in [0.4, 0.5) is 8.78 Å². The van der Waals surface area contributed by atoms with Gasteiger partial charge >= 0.3 is 0 Å². The van der Waals surface area contributed by atoms with Crippen molar-refractivity contribution in [1.82, 2.24) is 4.90 Å². The molecule has 0 saturated carbocycles. The molecule has 1 aliphatic rings. The maximum absolute atomic E-state index is 13.6. The van der Waals surface area contributed by atoms with Crippen molar-refractivity contribution < 1.29 is 28.2 Å². The fourth-order valence-corrected chi connectivity index (χ4v) is 2.73. The Morgan fingerprint density at radius 1 is 1.19 bits per heavy atom. The van der Waals surface area contributed by atoms with Gasteiger partial charge in [0.2, 0.25) is 0 Å². The number of carbonyl (C=O) groups is 1. The summed E-state index contributed by atoms with van der Waals surface area (Å²) in [4.78, 5) is 13.8. The van der Waals surface area contributed by atoms with Crippen molar-refractivity contribution in [2.45, 2.75) is 19.1 Å². The zero-order valence-electron chi connectivity index (χ0n) is 14.0. The summed E-state index contributed by atoms with van der Waals surface area (Å²) in [6, 6.07) is 9.83. The molecule has 1 amide bonds. The number of rotatable bonds is 6. The lowest BCUT2D eigenvalue weighted by Crippen LogP contribution is -2.34. The molecule has 0 spiro atoms. The molecule has 0 radical (unpaired) electrons. The van der Waals surface area contributed by atoms with Crippen molar-refractivity contribution in [3.63, 3.8) is 0 Å². The second-order valence-corrected chi connectivity index (χ2v) is 6.03. The summed E-state index contributed by atoms with van der Waals surface area (Å²) in [5, 5.41) is 9.00. The second-order valence-electron chi connectivity index (χ2n) is 6.03. The molecular formula is C19H19F2NO4. The number of aliphatic hydroxyl groups excluding tert-OH is 1. The van der Waals surface area contributed by atoms with Crippen LogP contribution in [0.25, 0.3) is 0 Å². The third-order valence-corrected chi connectivity index (χ3v) is 4.15. The molecule has 5 nitrogen and oxygen atoms in total. The van der Waals surface area contributed by atoms with E-state index >= 15 is 0 Å².